The third kappa shape index (κ3) is 3.58. The molecule has 0 radical (unpaired) electrons. The van der Waals surface area contributed by atoms with Gasteiger partial charge in [-0.15, -0.1) is 0 Å². The largest absolute Gasteiger partial charge is 0.245 e. The highest BCUT2D eigenvalue weighted by Crippen LogP contribution is 2.07. The predicted molar refractivity (Wildman–Crippen MR) is 73.7 cm³/mol. The summed E-state index contributed by atoms with van der Waals surface area (Å²) in [6.07, 6.45) is 0. The summed E-state index contributed by atoms with van der Waals surface area (Å²) in [4.78, 5) is 8.43. The Morgan fingerprint density at radius 1 is 1.16 bits per heavy atom. The summed E-state index contributed by atoms with van der Waals surface area (Å²) in [6.45, 7) is 5.58. The van der Waals surface area contributed by atoms with Crippen molar-refractivity contribution in [3.8, 4) is 0 Å². The summed E-state index contributed by atoms with van der Waals surface area (Å²) in [5.74, 6) is 0.156. The normalized spacial score (nSPS) is 11.5. The van der Waals surface area contributed by atoms with E-state index in [9.17, 15) is 4.39 Å². The maximum atomic E-state index is 13.1. The summed E-state index contributed by atoms with van der Waals surface area (Å²) in [6, 6.07) is 8.16. The van der Waals surface area contributed by atoms with Crippen LogP contribution in [0.15, 0.2) is 35.4 Å². The van der Waals surface area contributed by atoms with Crippen molar-refractivity contribution < 1.29 is 4.39 Å². The number of hydrogen-bond acceptors (Lipinski definition) is 4. The van der Waals surface area contributed by atoms with Crippen molar-refractivity contribution in [3.63, 3.8) is 0 Å². The number of benzene rings is 1. The van der Waals surface area contributed by atoms with Gasteiger partial charge in [-0.3, -0.25) is 0 Å². The molecule has 5 heteroatoms. The number of nitrogens with zero attached hydrogens (tertiary/aromatic N) is 3. The lowest BCUT2D eigenvalue weighted by molar-refractivity contribution is 0.627. The van der Waals surface area contributed by atoms with E-state index in [0.717, 1.165) is 17.0 Å². The molecule has 1 heterocycles. The molecule has 0 spiro atoms. The molecule has 1 N–H and O–H groups in total. The minimum absolute atomic E-state index is 0.283. The second kappa shape index (κ2) is 5.56. The monoisotopic (exact) mass is 258 g/mol. The molecule has 1 aromatic heterocycles. The number of hydrazone groups is 1. The average Bonchev–Trinajstić information content (AvgIpc) is 2.35. The molecule has 2 aromatic rings. The first-order valence-corrected chi connectivity index (χ1v) is 5.93. The fourth-order valence-electron chi connectivity index (χ4n) is 1.69. The molecule has 0 saturated carbocycles. The fourth-order valence-corrected chi connectivity index (χ4v) is 1.69. The Hall–Kier alpha value is -2.30. The Bertz CT molecular complexity index is 602. The van der Waals surface area contributed by atoms with Gasteiger partial charge in [-0.25, -0.2) is 19.8 Å². The van der Waals surface area contributed by atoms with Crippen molar-refractivity contribution >= 4 is 11.7 Å². The fraction of sp³-hybridized carbons (Fsp3) is 0.214. The number of aromatic nitrogens is 2. The van der Waals surface area contributed by atoms with Crippen LogP contribution in [-0.4, -0.2) is 15.7 Å². The van der Waals surface area contributed by atoms with Gasteiger partial charge in [-0.2, -0.15) is 5.10 Å². The minimum Gasteiger partial charge on any atom is -0.245 e. The summed E-state index contributed by atoms with van der Waals surface area (Å²) in [7, 11) is 0. The Balaban J connectivity index is 2.18. The number of hydrogen-bond donors (Lipinski definition) is 1. The molecule has 19 heavy (non-hydrogen) atoms. The van der Waals surface area contributed by atoms with Gasteiger partial charge in [-0.1, -0.05) is 12.1 Å². The van der Waals surface area contributed by atoms with Crippen LogP contribution in [0.3, 0.4) is 0 Å². The molecule has 0 fully saturated rings. The molecule has 1 aromatic carbocycles. The van der Waals surface area contributed by atoms with E-state index in [-0.39, 0.29) is 5.82 Å². The van der Waals surface area contributed by atoms with Crippen molar-refractivity contribution in [2.75, 3.05) is 5.43 Å². The number of aryl methyl sites for hydroxylation is 2. The SMILES string of the molecule is C/C(=N\Nc1nc(C)cc(C)n1)c1cccc(F)c1. The van der Waals surface area contributed by atoms with Crippen LogP contribution in [0.4, 0.5) is 10.3 Å². The highest BCUT2D eigenvalue weighted by molar-refractivity contribution is 5.98. The standard InChI is InChI=1S/C14H15FN4/c1-9-7-10(2)17-14(16-9)19-18-11(3)12-5-4-6-13(15)8-12/h4-8H,1-3H3,(H,16,17,19)/b18-11+. The lowest BCUT2D eigenvalue weighted by atomic mass is 10.1. The van der Waals surface area contributed by atoms with Crippen molar-refractivity contribution in [2.45, 2.75) is 20.8 Å². The molecule has 4 nitrogen and oxygen atoms in total. The number of rotatable bonds is 3. The molecular weight excluding hydrogens is 243 g/mol. The Morgan fingerprint density at radius 2 is 1.84 bits per heavy atom. The van der Waals surface area contributed by atoms with E-state index in [0.29, 0.717) is 11.7 Å². The van der Waals surface area contributed by atoms with E-state index >= 15 is 0 Å². The minimum atomic E-state index is -0.283. The average molecular weight is 258 g/mol. The topological polar surface area (TPSA) is 50.2 Å². The molecule has 0 bridgehead atoms. The van der Waals surface area contributed by atoms with Crippen LogP contribution in [0.25, 0.3) is 0 Å². The highest BCUT2D eigenvalue weighted by Gasteiger charge is 2.01. The summed E-state index contributed by atoms with van der Waals surface area (Å²) < 4.78 is 13.1. The zero-order chi connectivity index (χ0) is 13.8. The molecule has 0 aliphatic heterocycles. The molecule has 0 amide bonds. The summed E-state index contributed by atoms with van der Waals surface area (Å²) >= 11 is 0. The van der Waals surface area contributed by atoms with Gasteiger partial charge in [0.15, 0.2) is 0 Å². The van der Waals surface area contributed by atoms with Gasteiger partial charge in [0.2, 0.25) is 5.95 Å². The Labute approximate surface area is 111 Å². The molecule has 0 unspecified atom stereocenters. The second-order valence-electron chi connectivity index (χ2n) is 4.29. The molecule has 2 rings (SSSR count). The zero-order valence-corrected chi connectivity index (χ0v) is 11.1. The molecule has 0 aliphatic rings. The van der Waals surface area contributed by atoms with Crippen LogP contribution in [0.1, 0.15) is 23.9 Å². The Kier molecular flexibility index (Phi) is 3.85. The van der Waals surface area contributed by atoms with Gasteiger partial charge >= 0.3 is 0 Å². The van der Waals surface area contributed by atoms with E-state index in [4.69, 9.17) is 0 Å². The van der Waals surface area contributed by atoms with Gasteiger partial charge in [0.1, 0.15) is 5.82 Å². The van der Waals surface area contributed by atoms with Gasteiger partial charge in [-0.05, 0) is 39.0 Å². The number of nitrogens with one attached hydrogen (secondary N) is 1. The van der Waals surface area contributed by atoms with E-state index in [1.54, 1.807) is 19.1 Å². The summed E-state index contributed by atoms with van der Waals surface area (Å²) in [5, 5.41) is 4.16. The molecule has 0 saturated heterocycles. The second-order valence-corrected chi connectivity index (χ2v) is 4.29. The van der Waals surface area contributed by atoms with Gasteiger partial charge in [0, 0.05) is 17.0 Å². The van der Waals surface area contributed by atoms with Crippen molar-refractivity contribution in [1.82, 2.24) is 9.97 Å². The smallest absolute Gasteiger partial charge is 0.243 e. The van der Waals surface area contributed by atoms with Crippen LogP contribution in [0.5, 0.6) is 0 Å². The maximum Gasteiger partial charge on any atom is 0.243 e. The molecule has 0 atom stereocenters. The first kappa shape index (κ1) is 13.1. The zero-order valence-electron chi connectivity index (χ0n) is 11.1. The summed E-state index contributed by atoms with van der Waals surface area (Å²) in [5.41, 5.74) is 5.91. The maximum absolute atomic E-state index is 13.1. The number of halogens is 1. The molecule has 98 valence electrons. The first-order chi connectivity index (χ1) is 9.04. The van der Waals surface area contributed by atoms with Crippen LogP contribution in [0, 0.1) is 19.7 Å². The van der Waals surface area contributed by atoms with Crippen LogP contribution in [-0.2, 0) is 0 Å². The van der Waals surface area contributed by atoms with Gasteiger partial charge in [0.25, 0.3) is 0 Å². The third-order valence-corrected chi connectivity index (χ3v) is 2.55. The van der Waals surface area contributed by atoms with E-state index < -0.39 is 0 Å². The van der Waals surface area contributed by atoms with Crippen molar-refractivity contribution in [3.05, 3.63) is 53.1 Å². The lowest BCUT2D eigenvalue weighted by Gasteiger charge is -2.04. The van der Waals surface area contributed by atoms with Gasteiger partial charge < -0.3 is 0 Å². The highest BCUT2D eigenvalue weighted by atomic mass is 19.1. The van der Waals surface area contributed by atoms with Crippen LogP contribution >= 0.6 is 0 Å². The predicted octanol–water partition coefficient (Wildman–Crippen LogP) is 3.07. The molecule has 0 aliphatic carbocycles. The lowest BCUT2D eigenvalue weighted by Crippen LogP contribution is -2.04. The Morgan fingerprint density at radius 3 is 2.47 bits per heavy atom. The molecular formula is C14H15FN4. The van der Waals surface area contributed by atoms with Crippen molar-refractivity contribution in [2.24, 2.45) is 5.10 Å². The van der Waals surface area contributed by atoms with E-state index in [1.165, 1.54) is 12.1 Å². The van der Waals surface area contributed by atoms with Crippen LogP contribution < -0.4 is 5.43 Å². The van der Waals surface area contributed by atoms with E-state index in [2.05, 4.69) is 20.5 Å². The first-order valence-electron chi connectivity index (χ1n) is 5.93. The van der Waals surface area contributed by atoms with Crippen molar-refractivity contribution in [1.29, 1.82) is 0 Å². The van der Waals surface area contributed by atoms with Gasteiger partial charge in [0.05, 0.1) is 5.71 Å². The third-order valence-electron chi connectivity index (χ3n) is 2.55. The quantitative estimate of drug-likeness (QED) is 0.680. The van der Waals surface area contributed by atoms with E-state index in [1.807, 2.05) is 19.9 Å². The van der Waals surface area contributed by atoms with Crippen LogP contribution in [0.2, 0.25) is 0 Å². The number of anilines is 1.